The van der Waals surface area contributed by atoms with Gasteiger partial charge in [0.15, 0.2) is 0 Å². The fraction of sp³-hybridized carbons (Fsp3) is 0.429. The van der Waals surface area contributed by atoms with Gasteiger partial charge in [-0.05, 0) is 38.1 Å². The monoisotopic (exact) mass is 587 g/mol. The minimum absolute atomic E-state index is 0.0802. The number of aromatic amines is 1. The van der Waals surface area contributed by atoms with Crippen molar-refractivity contribution in [2.24, 2.45) is 5.92 Å². The Kier molecular flexibility index (Phi) is 7.35. The van der Waals surface area contributed by atoms with Gasteiger partial charge in [0.05, 0.1) is 35.7 Å². The molecule has 0 saturated carbocycles. The van der Waals surface area contributed by atoms with E-state index in [4.69, 9.17) is 4.74 Å². The number of nitrogens with zero attached hydrogens (tertiary/aromatic N) is 5. The Morgan fingerprint density at radius 3 is 2.50 bits per heavy atom. The number of alkyl halides is 3. The predicted octanol–water partition coefficient (Wildman–Crippen LogP) is 3.22. The third kappa shape index (κ3) is 5.43. The number of ether oxygens (including phenoxy) is 1. The number of aromatic nitrogens is 3. The van der Waals surface area contributed by atoms with Gasteiger partial charge < -0.3 is 29.7 Å². The standard InChI is InChI=1S/C28H29F4N7O3/c1-37-3-2-16-14-39(15-24(16)37)23-10-21(29)18(17-11-34-27(35-12-17)38-4-6-42-7-5-38)8-22(23)36-26(41)19-13-33-25(40)9-20(19)28(30,31)32/h8-13,16,24H,2-7,14-15H2,1H3,(H,33,40)(H,36,41). The zero-order valence-corrected chi connectivity index (χ0v) is 22.7. The molecule has 2 unspecified atom stereocenters. The molecular formula is C28H29F4N7O3. The van der Waals surface area contributed by atoms with E-state index in [1.165, 1.54) is 24.5 Å². The van der Waals surface area contributed by atoms with Gasteiger partial charge in [-0.15, -0.1) is 0 Å². The molecule has 2 N–H and O–H groups in total. The van der Waals surface area contributed by atoms with Gasteiger partial charge in [0.2, 0.25) is 11.5 Å². The Morgan fingerprint density at radius 2 is 1.81 bits per heavy atom. The number of likely N-dealkylation sites (tertiary alicyclic amines) is 1. The quantitative estimate of drug-likeness (QED) is 0.439. The highest BCUT2D eigenvalue weighted by Gasteiger charge is 2.41. The predicted molar refractivity (Wildman–Crippen MR) is 147 cm³/mol. The van der Waals surface area contributed by atoms with Crippen molar-refractivity contribution in [2.45, 2.75) is 18.6 Å². The minimum Gasteiger partial charge on any atom is -0.378 e. The Morgan fingerprint density at radius 1 is 1.07 bits per heavy atom. The van der Waals surface area contributed by atoms with Crippen LogP contribution in [0.3, 0.4) is 0 Å². The number of pyridine rings is 1. The molecule has 3 aromatic rings. The number of amides is 1. The second kappa shape index (κ2) is 11.0. The number of carbonyl (C=O) groups is 1. The normalized spacial score (nSPS) is 21.1. The van der Waals surface area contributed by atoms with E-state index in [0.29, 0.717) is 68.6 Å². The van der Waals surface area contributed by atoms with Gasteiger partial charge in [0, 0.05) is 68.0 Å². The summed E-state index contributed by atoms with van der Waals surface area (Å²) in [6.45, 7) is 4.47. The van der Waals surface area contributed by atoms with Gasteiger partial charge in [0.1, 0.15) is 5.82 Å². The molecule has 0 bridgehead atoms. The first-order valence-corrected chi connectivity index (χ1v) is 13.6. The lowest BCUT2D eigenvalue weighted by Gasteiger charge is -2.27. The molecule has 10 nitrogen and oxygen atoms in total. The molecule has 1 amide bonds. The van der Waals surface area contributed by atoms with Gasteiger partial charge >= 0.3 is 6.18 Å². The van der Waals surface area contributed by atoms with E-state index in [9.17, 15) is 22.8 Å². The topological polar surface area (TPSA) is 107 Å². The Labute approximate surface area is 238 Å². The van der Waals surface area contributed by atoms with E-state index in [1.54, 1.807) is 0 Å². The highest BCUT2D eigenvalue weighted by Crippen LogP contribution is 2.40. The third-order valence-electron chi connectivity index (χ3n) is 8.22. The SMILES string of the molecule is CN1CCC2CN(c3cc(F)c(-c4cnc(N5CCOCC5)nc4)cc3NC(=O)c3c[nH]c(=O)cc3C(F)(F)F)CC21. The largest absolute Gasteiger partial charge is 0.417 e. The van der Waals surface area contributed by atoms with Crippen LogP contribution in [0.2, 0.25) is 0 Å². The summed E-state index contributed by atoms with van der Waals surface area (Å²) < 4.78 is 62.2. The minimum atomic E-state index is -4.94. The molecular weight excluding hydrogens is 558 g/mol. The number of rotatable bonds is 5. The number of fused-ring (bicyclic) bond motifs is 1. The van der Waals surface area contributed by atoms with Gasteiger partial charge in [-0.2, -0.15) is 13.2 Å². The maximum absolute atomic E-state index is 15.7. The highest BCUT2D eigenvalue weighted by molar-refractivity contribution is 6.07. The molecule has 1 aromatic carbocycles. The van der Waals surface area contributed by atoms with Crippen LogP contribution in [0.15, 0.2) is 41.6 Å². The molecule has 0 aliphatic carbocycles. The zero-order valence-electron chi connectivity index (χ0n) is 22.7. The van der Waals surface area contributed by atoms with Gasteiger partial charge in [-0.3, -0.25) is 9.59 Å². The summed E-state index contributed by atoms with van der Waals surface area (Å²) in [4.78, 5) is 41.9. The van der Waals surface area contributed by atoms with Gasteiger partial charge in [-0.25, -0.2) is 14.4 Å². The van der Waals surface area contributed by atoms with E-state index in [0.717, 1.165) is 19.2 Å². The van der Waals surface area contributed by atoms with Gasteiger partial charge in [0.25, 0.3) is 5.91 Å². The summed E-state index contributed by atoms with van der Waals surface area (Å²) in [6.07, 6.45) is -0.286. The van der Waals surface area contributed by atoms with Crippen LogP contribution in [0.4, 0.5) is 34.9 Å². The number of halogens is 4. The summed E-state index contributed by atoms with van der Waals surface area (Å²) in [7, 11) is 2.02. The summed E-state index contributed by atoms with van der Waals surface area (Å²) in [5, 5.41) is 2.57. The van der Waals surface area contributed by atoms with Crippen LogP contribution in [0.25, 0.3) is 11.1 Å². The van der Waals surface area contributed by atoms with Crippen molar-refractivity contribution in [3.05, 3.63) is 64.1 Å². The van der Waals surface area contributed by atoms with Crippen LogP contribution in [-0.2, 0) is 10.9 Å². The lowest BCUT2D eigenvalue weighted by atomic mass is 10.0. The molecule has 2 aromatic heterocycles. The first-order chi connectivity index (χ1) is 20.1. The number of H-pyrrole nitrogens is 1. The molecule has 0 spiro atoms. The second-order valence-electron chi connectivity index (χ2n) is 10.8. The Balaban J connectivity index is 1.37. The van der Waals surface area contributed by atoms with Crippen LogP contribution in [0.1, 0.15) is 22.3 Å². The van der Waals surface area contributed by atoms with Gasteiger partial charge in [-0.1, -0.05) is 0 Å². The molecule has 222 valence electrons. The lowest BCUT2D eigenvalue weighted by molar-refractivity contribution is -0.138. The Bertz CT molecular complexity index is 1540. The summed E-state index contributed by atoms with van der Waals surface area (Å²) in [5.41, 5.74) is -2.20. The maximum Gasteiger partial charge on any atom is 0.417 e. The van der Waals surface area contributed by atoms with Crippen molar-refractivity contribution in [1.29, 1.82) is 0 Å². The van der Waals surface area contributed by atoms with Crippen molar-refractivity contribution in [2.75, 3.05) is 68.1 Å². The maximum atomic E-state index is 15.7. The van der Waals surface area contributed by atoms with E-state index >= 15 is 4.39 Å². The molecule has 3 fully saturated rings. The van der Waals surface area contributed by atoms with E-state index in [-0.39, 0.29) is 17.3 Å². The highest BCUT2D eigenvalue weighted by atomic mass is 19.4. The van der Waals surface area contributed by atoms with Crippen LogP contribution in [0.5, 0.6) is 0 Å². The number of nitrogens with one attached hydrogen (secondary N) is 2. The van der Waals surface area contributed by atoms with Crippen LogP contribution >= 0.6 is 0 Å². The Hall–Kier alpha value is -4.04. The molecule has 42 heavy (non-hydrogen) atoms. The molecule has 3 aliphatic rings. The van der Waals surface area contributed by atoms with Crippen LogP contribution in [-0.4, -0.2) is 84.8 Å². The number of morpholine rings is 1. The van der Waals surface area contributed by atoms with E-state index in [2.05, 4.69) is 25.2 Å². The van der Waals surface area contributed by atoms with Crippen LogP contribution < -0.4 is 20.7 Å². The molecule has 3 aliphatic heterocycles. The van der Waals surface area contributed by atoms with E-state index in [1.807, 2.05) is 16.8 Å². The zero-order chi connectivity index (χ0) is 29.6. The first kappa shape index (κ1) is 28.1. The number of likely N-dealkylation sites (N-methyl/N-ethyl adjacent to an activating group) is 1. The fourth-order valence-corrected chi connectivity index (χ4v) is 5.99. The number of hydrogen-bond acceptors (Lipinski definition) is 8. The first-order valence-electron chi connectivity index (χ1n) is 13.6. The molecule has 14 heteroatoms. The molecule has 3 saturated heterocycles. The van der Waals surface area contributed by atoms with Crippen LogP contribution in [0, 0.1) is 11.7 Å². The summed E-state index contributed by atoms with van der Waals surface area (Å²) in [6, 6.07) is 3.27. The fourth-order valence-electron chi connectivity index (χ4n) is 5.99. The second-order valence-corrected chi connectivity index (χ2v) is 10.8. The number of hydrogen-bond donors (Lipinski definition) is 2. The summed E-state index contributed by atoms with van der Waals surface area (Å²) >= 11 is 0. The molecule has 2 atom stereocenters. The number of carbonyl (C=O) groups excluding carboxylic acids is 1. The van der Waals surface area contributed by atoms with Crippen molar-refractivity contribution < 1.29 is 27.1 Å². The number of anilines is 3. The van der Waals surface area contributed by atoms with Crippen molar-refractivity contribution in [3.63, 3.8) is 0 Å². The molecule has 5 heterocycles. The van der Waals surface area contributed by atoms with Crippen molar-refractivity contribution in [1.82, 2.24) is 19.9 Å². The number of benzene rings is 1. The summed E-state index contributed by atoms with van der Waals surface area (Å²) in [5.74, 6) is -0.861. The third-order valence-corrected chi connectivity index (χ3v) is 8.22. The van der Waals surface area contributed by atoms with Crippen molar-refractivity contribution >= 4 is 23.2 Å². The molecule has 0 radical (unpaired) electrons. The lowest BCUT2D eigenvalue weighted by Crippen LogP contribution is -2.37. The molecule has 6 rings (SSSR count). The van der Waals surface area contributed by atoms with E-state index < -0.39 is 34.6 Å². The van der Waals surface area contributed by atoms with Crippen molar-refractivity contribution in [3.8, 4) is 11.1 Å². The average molecular weight is 588 g/mol. The average Bonchev–Trinajstić information content (AvgIpc) is 3.55. The smallest absolute Gasteiger partial charge is 0.378 e.